The maximum atomic E-state index is 6.51. The van der Waals surface area contributed by atoms with Gasteiger partial charge in [0.25, 0.3) is 0 Å². The van der Waals surface area contributed by atoms with Crippen LogP contribution in [0.4, 0.5) is 0 Å². The van der Waals surface area contributed by atoms with Crippen molar-refractivity contribution in [1.82, 2.24) is 4.90 Å². The number of rotatable bonds is 4. The fraction of sp³-hybridized carbons (Fsp3) is 0.625. The van der Waals surface area contributed by atoms with Crippen LogP contribution in [-0.2, 0) is 4.74 Å². The lowest BCUT2D eigenvalue weighted by atomic mass is 9.95. The van der Waals surface area contributed by atoms with Gasteiger partial charge in [-0.1, -0.05) is 37.3 Å². The van der Waals surface area contributed by atoms with Gasteiger partial charge in [0.05, 0.1) is 12.7 Å². The number of hydrogen-bond acceptors (Lipinski definition) is 3. The first-order valence-electron chi connectivity index (χ1n) is 7.31. The van der Waals surface area contributed by atoms with Crippen LogP contribution in [0.5, 0.6) is 0 Å². The van der Waals surface area contributed by atoms with Crippen molar-refractivity contribution < 1.29 is 4.74 Å². The molecule has 0 radical (unpaired) electrons. The third-order valence-electron chi connectivity index (χ3n) is 4.10. The van der Waals surface area contributed by atoms with Crippen molar-refractivity contribution in [2.24, 2.45) is 5.73 Å². The second-order valence-electron chi connectivity index (χ2n) is 5.60. The molecule has 19 heavy (non-hydrogen) atoms. The van der Waals surface area contributed by atoms with E-state index in [4.69, 9.17) is 10.5 Å². The molecule has 1 aromatic carbocycles. The third kappa shape index (κ3) is 3.35. The lowest BCUT2D eigenvalue weighted by Gasteiger charge is -2.44. The average Bonchev–Trinajstić information content (AvgIpc) is 2.44. The van der Waals surface area contributed by atoms with Gasteiger partial charge in [0, 0.05) is 24.7 Å². The molecule has 1 fully saturated rings. The zero-order chi connectivity index (χ0) is 13.8. The summed E-state index contributed by atoms with van der Waals surface area (Å²) in [4.78, 5) is 2.52. The Morgan fingerprint density at radius 3 is 2.63 bits per heavy atom. The molecule has 0 bridgehead atoms. The molecule has 2 rings (SSSR count). The molecule has 1 saturated heterocycles. The minimum absolute atomic E-state index is 0.0685. The standard InChI is InChI=1S/C16H26N2O/c1-4-15(16(17)14-8-6-5-7-9-14)18-10-13(3)19-11-12(18)2/h5-9,12-13,15-16H,4,10-11,17H2,1-3H3. The first kappa shape index (κ1) is 14.5. The summed E-state index contributed by atoms with van der Waals surface area (Å²) in [5.41, 5.74) is 7.73. The Balaban J connectivity index is 2.14. The molecule has 0 aliphatic carbocycles. The van der Waals surface area contributed by atoms with Crippen LogP contribution in [-0.4, -0.2) is 36.2 Å². The van der Waals surface area contributed by atoms with Crippen molar-refractivity contribution in [3.05, 3.63) is 35.9 Å². The number of morpholine rings is 1. The molecule has 2 N–H and O–H groups in total. The van der Waals surface area contributed by atoms with Crippen molar-refractivity contribution in [1.29, 1.82) is 0 Å². The van der Waals surface area contributed by atoms with Crippen molar-refractivity contribution in [3.8, 4) is 0 Å². The molecule has 0 spiro atoms. The van der Waals surface area contributed by atoms with E-state index in [0.29, 0.717) is 18.2 Å². The number of benzene rings is 1. The van der Waals surface area contributed by atoms with Gasteiger partial charge in [0.1, 0.15) is 0 Å². The van der Waals surface area contributed by atoms with Gasteiger partial charge in [-0.2, -0.15) is 0 Å². The normalized spacial score (nSPS) is 28.0. The zero-order valence-electron chi connectivity index (χ0n) is 12.3. The van der Waals surface area contributed by atoms with Crippen LogP contribution in [0.15, 0.2) is 30.3 Å². The number of ether oxygens (including phenoxy) is 1. The summed E-state index contributed by atoms with van der Waals surface area (Å²) in [6.07, 6.45) is 1.36. The van der Waals surface area contributed by atoms with E-state index in [1.807, 2.05) is 6.07 Å². The predicted octanol–water partition coefficient (Wildman–Crippen LogP) is 2.57. The minimum Gasteiger partial charge on any atom is -0.376 e. The van der Waals surface area contributed by atoms with Crippen LogP contribution < -0.4 is 5.73 Å². The molecule has 106 valence electrons. The van der Waals surface area contributed by atoms with E-state index in [9.17, 15) is 0 Å². The molecule has 0 aromatic heterocycles. The summed E-state index contributed by atoms with van der Waals surface area (Å²) in [6, 6.07) is 11.3. The van der Waals surface area contributed by atoms with Crippen LogP contribution in [0.2, 0.25) is 0 Å². The van der Waals surface area contributed by atoms with Crippen molar-refractivity contribution >= 4 is 0 Å². The van der Waals surface area contributed by atoms with Gasteiger partial charge < -0.3 is 10.5 Å². The molecule has 4 atom stereocenters. The summed E-state index contributed by atoms with van der Waals surface area (Å²) < 4.78 is 5.72. The Bertz CT molecular complexity index is 382. The summed E-state index contributed by atoms with van der Waals surface area (Å²) in [5.74, 6) is 0. The Labute approximate surface area is 116 Å². The Hall–Kier alpha value is -0.900. The van der Waals surface area contributed by atoms with E-state index >= 15 is 0 Å². The minimum atomic E-state index is 0.0685. The second kappa shape index (κ2) is 6.51. The molecule has 0 amide bonds. The number of hydrogen-bond donors (Lipinski definition) is 1. The molecule has 4 unspecified atom stereocenters. The van der Waals surface area contributed by atoms with Crippen LogP contribution in [0.3, 0.4) is 0 Å². The summed E-state index contributed by atoms with van der Waals surface area (Å²) in [6.45, 7) is 8.37. The highest BCUT2D eigenvalue weighted by molar-refractivity contribution is 5.20. The topological polar surface area (TPSA) is 38.5 Å². The Kier molecular flexibility index (Phi) is 4.97. The van der Waals surface area contributed by atoms with Crippen LogP contribution >= 0.6 is 0 Å². The number of nitrogens with zero attached hydrogens (tertiary/aromatic N) is 1. The Morgan fingerprint density at radius 2 is 2.00 bits per heavy atom. The molecular formula is C16H26N2O. The van der Waals surface area contributed by atoms with E-state index < -0.39 is 0 Å². The first-order valence-corrected chi connectivity index (χ1v) is 7.31. The highest BCUT2D eigenvalue weighted by atomic mass is 16.5. The van der Waals surface area contributed by atoms with Crippen molar-refractivity contribution in [2.75, 3.05) is 13.2 Å². The highest BCUT2D eigenvalue weighted by Crippen LogP contribution is 2.25. The molecular weight excluding hydrogens is 236 g/mol. The monoisotopic (exact) mass is 262 g/mol. The molecule has 1 aromatic rings. The summed E-state index contributed by atoms with van der Waals surface area (Å²) in [7, 11) is 0. The van der Waals surface area contributed by atoms with Gasteiger partial charge in [-0.3, -0.25) is 4.90 Å². The molecule has 1 aliphatic heterocycles. The van der Waals surface area contributed by atoms with Gasteiger partial charge in [-0.25, -0.2) is 0 Å². The third-order valence-corrected chi connectivity index (χ3v) is 4.10. The molecule has 3 nitrogen and oxygen atoms in total. The summed E-state index contributed by atoms with van der Waals surface area (Å²) >= 11 is 0. The van der Waals surface area contributed by atoms with E-state index in [2.05, 4.69) is 49.9 Å². The van der Waals surface area contributed by atoms with Crippen molar-refractivity contribution in [3.63, 3.8) is 0 Å². The van der Waals surface area contributed by atoms with Gasteiger partial charge >= 0.3 is 0 Å². The second-order valence-corrected chi connectivity index (χ2v) is 5.60. The molecule has 0 saturated carbocycles. The molecule has 1 heterocycles. The largest absolute Gasteiger partial charge is 0.376 e. The SMILES string of the molecule is CCC(C(N)c1ccccc1)N1CC(C)OCC1C. The maximum Gasteiger partial charge on any atom is 0.0674 e. The quantitative estimate of drug-likeness (QED) is 0.906. The maximum absolute atomic E-state index is 6.51. The zero-order valence-corrected chi connectivity index (χ0v) is 12.3. The summed E-state index contributed by atoms with van der Waals surface area (Å²) in [5, 5.41) is 0. The van der Waals surface area contributed by atoms with Crippen LogP contribution in [0.1, 0.15) is 38.8 Å². The van der Waals surface area contributed by atoms with E-state index in [0.717, 1.165) is 19.6 Å². The molecule has 3 heteroatoms. The van der Waals surface area contributed by atoms with Gasteiger partial charge in [0.2, 0.25) is 0 Å². The van der Waals surface area contributed by atoms with Crippen LogP contribution in [0, 0.1) is 0 Å². The fourth-order valence-electron chi connectivity index (χ4n) is 2.98. The average molecular weight is 262 g/mol. The van der Waals surface area contributed by atoms with E-state index in [1.165, 1.54) is 5.56 Å². The first-order chi connectivity index (χ1) is 9.13. The fourth-order valence-corrected chi connectivity index (χ4v) is 2.98. The molecule has 1 aliphatic rings. The smallest absolute Gasteiger partial charge is 0.0674 e. The van der Waals surface area contributed by atoms with Crippen LogP contribution in [0.25, 0.3) is 0 Å². The van der Waals surface area contributed by atoms with Gasteiger partial charge in [-0.05, 0) is 25.8 Å². The van der Waals surface area contributed by atoms with Crippen molar-refractivity contribution in [2.45, 2.75) is 51.4 Å². The lowest BCUT2D eigenvalue weighted by molar-refractivity contribution is -0.0704. The van der Waals surface area contributed by atoms with E-state index in [-0.39, 0.29) is 6.04 Å². The predicted molar refractivity (Wildman–Crippen MR) is 79.0 cm³/mol. The lowest BCUT2D eigenvalue weighted by Crippen LogP contribution is -2.54. The number of nitrogens with two attached hydrogens (primary N) is 1. The van der Waals surface area contributed by atoms with E-state index in [1.54, 1.807) is 0 Å². The van der Waals surface area contributed by atoms with Gasteiger partial charge in [0.15, 0.2) is 0 Å². The van der Waals surface area contributed by atoms with Gasteiger partial charge in [-0.15, -0.1) is 0 Å². The Morgan fingerprint density at radius 1 is 1.32 bits per heavy atom. The highest BCUT2D eigenvalue weighted by Gasteiger charge is 2.32.